The van der Waals surface area contributed by atoms with E-state index in [9.17, 15) is 0 Å². The molecular formula is C48H31NO3. The zero-order valence-corrected chi connectivity index (χ0v) is 28.1. The fraction of sp³-hybridized carbons (Fsp3) is 0.0417. The fourth-order valence-electron chi connectivity index (χ4n) is 8.03. The predicted octanol–water partition coefficient (Wildman–Crippen LogP) is 13.3. The highest BCUT2D eigenvalue weighted by molar-refractivity contribution is 6.07. The summed E-state index contributed by atoms with van der Waals surface area (Å²) >= 11 is 0. The summed E-state index contributed by atoms with van der Waals surface area (Å²) in [4.78, 5) is 2.31. The Hall–Kier alpha value is -6.78. The number of rotatable bonds is 5. The Balaban J connectivity index is 0.982. The number of anilines is 3. The first-order chi connectivity index (χ1) is 25.7. The van der Waals surface area contributed by atoms with Gasteiger partial charge in [0.2, 0.25) is 0 Å². The van der Waals surface area contributed by atoms with Crippen molar-refractivity contribution in [1.29, 1.82) is 0 Å². The van der Waals surface area contributed by atoms with Crippen LogP contribution in [0.5, 0.6) is 5.75 Å². The molecule has 2 aromatic heterocycles. The zero-order chi connectivity index (χ0) is 34.2. The highest BCUT2D eigenvalue weighted by atomic mass is 16.5. The molecule has 4 nitrogen and oxygen atoms in total. The maximum Gasteiger partial charge on any atom is 0.135 e. The molecule has 0 saturated carbocycles. The molecule has 1 aliphatic carbocycles. The van der Waals surface area contributed by atoms with Crippen LogP contribution in [0.2, 0.25) is 0 Å². The van der Waals surface area contributed by atoms with Crippen LogP contribution in [-0.4, -0.2) is 6.10 Å². The molecule has 2 aliphatic rings. The first-order valence-corrected chi connectivity index (χ1v) is 17.7. The van der Waals surface area contributed by atoms with Crippen LogP contribution in [0.4, 0.5) is 17.1 Å². The highest BCUT2D eigenvalue weighted by Gasteiger charge is 2.32. The fourth-order valence-corrected chi connectivity index (χ4v) is 8.03. The van der Waals surface area contributed by atoms with Crippen molar-refractivity contribution in [3.05, 3.63) is 182 Å². The summed E-state index contributed by atoms with van der Waals surface area (Å²) in [7, 11) is 0. The smallest absolute Gasteiger partial charge is 0.135 e. The van der Waals surface area contributed by atoms with Gasteiger partial charge in [-0.1, -0.05) is 97.1 Å². The van der Waals surface area contributed by atoms with Crippen molar-refractivity contribution in [2.45, 2.75) is 12.0 Å². The molecule has 11 rings (SSSR count). The molecule has 0 N–H and O–H groups in total. The standard InChI is InChI=1S/C48H31NO3/c1-4-10-43-37(7-1)40-24-23-36(29-48(40)52-43)49(34-19-13-30(14-20-34)32-17-25-46-41(27-32)38-8-2-5-11-44(38)50-46)35-21-15-31(16-22-35)33-18-26-47-42(28-33)39-9-3-6-12-45(39)51-47/h1-29,37,43H. The lowest BCUT2D eigenvalue weighted by atomic mass is 9.92. The Labute approximate surface area is 300 Å². The van der Waals surface area contributed by atoms with Crippen molar-refractivity contribution in [2.75, 3.05) is 4.90 Å². The van der Waals surface area contributed by atoms with Crippen molar-refractivity contribution in [3.63, 3.8) is 0 Å². The SMILES string of the molecule is C1=CC2Oc3cc(N(c4ccc(-c5ccc6oc7ccccc7c6c5)cc4)c4ccc(-c5ccc6oc7ccccc7c6c5)cc4)ccc3C2C=C1. The normalized spacial score (nSPS) is 16.1. The van der Waals surface area contributed by atoms with Gasteiger partial charge in [0.15, 0.2) is 0 Å². The van der Waals surface area contributed by atoms with Gasteiger partial charge in [-0.25, -0.2) is 0 Å². The Morgan fingerprint density at radius 2 is 0.904 bits per heavy atom. The van der Waals surface area contributed by atoms with Gasteiger partial charge in [-0.15, -0.1) is 0 Å². The molecule has 0 fully saturated rings. The monoisotopic (exact) mass is 669 g/mol. The summed E-state index contributed by atoms with van der Waals surface area (Å²) in [6.45, 7) is 0. The van der Waals surface area contributed by atoms with Crippen LogP contribution in [0, 0.1) is 0 Å². The van der Waals surface area contributed by atoms with Gasteiger partial charge in [0.05, 0.1) is 0 Å². The molecule has 52 heavy (non-hydrogen) atoms. The Bertz CT molecular complexity index is 2730. The van der Waals surface area contributed by atoms with E-state index >= 15 is 0 Å². The number of allylic oxidation sites excluding steroid dienone is 2. The van der Waals surface area contributed by atoms with Crippen molar-refractivity contribution in [3.8, 4) is 28.0 Å². The van der Waals surface area contributed by atoms with Gasteiger partial charge in [0.1, 0.15) is 34.2 Å². The Morgan fingerprint density at radius 1 is 0.404 bits per heavy atom. The van der Waals surface area contributed by atoms with Crippen LogP contribution < -0.4 is 9.64 Å². The van der Waals surface area contributed by atoms with Gasteiger partial charge >= 0.3 is 0 Å². The summed E-state index contributed by atoms with van der Waals surface area (Å²) in [6.07, 6.45) is 8.61. The maximum atomic E-state index is 6.47. The summed E-state index contributed by atoms with van der Waals surface area (Å²) in [5.74, 6) is 1.18. The first kappa shape index (κ1) is 29.0. The summed E-state index contributed by atoms with van der Waals surface area (Å²) < 4.78 is 18.7. The van der Waals surface area contributed by atoms with Crippen LogP contribution in [0.1, 0.15) is 11.5 Å². The van der Waals surface area contributed by atoms with E-state index in [4.69, 9.17) is 13.6 Å². The average Bonchev–Trinajstić information content (AvgIpc) is 3.89. The van der Waals surface area contributed by atoms with E-state index in [1.807, 2.05) is 24.3 Å². The van der Waals surface area contributed by atoms with Crippen molar-refractivity contribution < 1.29 is 13.6 Å². The van der Waals surface area contributed by atoms with Gasteiger partial charge in [-0.05, 0) is 95.1 Å². The average molecular weight is 670 g/mol. The molecule has 7 aromatic carbocycles. The Kier molecular flexibility index (Phi) is 6.34. The molecule has 0 bridgehead atoms. The molecule has 246 valence electrons. The predicted molar refractivity (Wildman–Crippen MR) is 212 cm³/mol. The molecule has 3 heterocycles. The molecule has 1 aliphatic heterocycles. The lowest BCUT2D eigenvalue weighted by molar-refractivity contribution is 0.269. The third-order valence-electron chi connectivity index (χ3n) is 10.6. The molecule has 0 spiro atoms. The number of benzene rings is 7. The number of ether oxygens (including phenoxy) is 1. The van der Waals surface area contributed by atoms with Gasteiger partial charge in [0, 0.05) is 56.2 Å². The van der Waals surface area contributed by atoms with Gasteiger partial charge in [-0.2, -0.15) is 0 Å². The number of nitrogens with zero attached hydrogens (tertiary/aromatic N) is 1. The molecule has 0 amide bonds. The van der Waals surface area contributed by atoms with E-state index in [1.54, 1.807) is 0 Å². The highest BCUT2D eigenvalue weighted by Crippen LogP contribution is 2.46. The van der Waals surface area contributed by atoms with Crippen molar-refractivity contribution >= 4 is 60.9 Å². The minimum Gasteiger partial charge on any atom is -0.485 e. The molecule has 0 radical (unpaired) electrons. The molecular weight excluding hydrogens is 639 g/mol. The van der Waals surface area contributed by atoms with Gasteiger partial charge in [-0.3, -0.25) is 0 Å². The quantitative estimate of drug-likeness (QED) is 0.183. The molecule has 2 unspecified atom stereocenters. The first-order valence-electron chi connectivity index (χ1n) is 17.7. The second kappa shape index (κ2) is 11.4. The number of para-hydroxylation sites is 2. The maximum absolute atomic E-state index is 6.47. The number of hydrogen-bond donors (Lipinski definition) is 0. The van der Waals surface area contributed by atoms with E-state index in [2.05, 4.69) is 157 Å². The molecule has 0 saturated heterocycles. The molecule has 4 heteroatoms. The lowest BCUT2D eigenvalue weighted by Crippen LogP contribution is -2.15. The van der Waals surface area contributed by atoms with E-state index in [1.165, 1.54) is 5.56 Å². The van der Waals surface area contributed by atoms with Crippen LogP contribution in [0.3, 0.4) is 0 Å². The van der Waals surface area contributed by atoms with E-state index in [0.717, 1.165) is 88.9 Å². The van der Waals surface area contributed by atoms with E-state index in [-0.39, 0.29) is 12.0 Å². The number of hydrogen-bond acceptors (Lipinski definition) is 4. The largest absolute Gasteiger partial charge is 0.485 e. The third-order valence-corrected chi connectivity index (χ3v) is 10.6. The second-order valence-electron chi connectivity index (χ2n) is 13.6. The number of fused-ring (bicyclic) bond motifs is 9. The summed E-state index contributed by atoms with van der Waals surface area (Å²) in [6, 6.07) is 53.6. The second-order valence-corrected chi connectivity index (χ2v) is 13.6. The minimum absolute atomic E-state index is 0.0386. The molecule has 9 aromatic rings. The lowest BCUT2D eigenvalue weighted by Gasteiger charge is -2.26. The van der Waals surface area contributed by atoms with Crippen LogP contribution in [0.25, 0.3) is 66.1 Å². The van der Waals surface area contributed by atoms with Crippen molar-refractivity contribution in [2.24, 2.45) is 0 Å². The summed E-state index contributed by atoms with van der Waals surface area (Å²) in [5.41, 5.74) is 12.6. The van der Waals surface area contributed by atoms with Crippen LogP contribution in [-0.2, 0) is 0 Å². The molecule has 2 atom stereocenters. The van der Waals surface area contributed by atoms with E-state index in [0.29, 0.717) is 0 Å². The third kappa shape index (κ3) is 4.61. The van der Waals surface area contributed by atoms with Crippen LogP contribution >= 0.6 is 0 Å². The van der Waals surface area contributed by atoms with E-state index < -0.39 is 0 Å². The zero-order valence-electron chi connectivity index (χ0n) is 28.1. The number of furan rings is 2. The van der Waals surface area contributed by atoms with Crippen molar-refractivity contribution in [1.82, 2.24) is 0 Å². The van der Waals surface area contributed by atoms with Crippen LogP contribution in [0.15, 0.2) is 185 Å². The van der Waals surface area contributed by atoms with Gasteiger partial charge < -0.3 is 18.5 Å². The minimum atomic E-state index is 0.0386. The summed E-state index contributed by atoms with van der Waals surface area (Å²) in [5, 5.41) is 4.52. The Morgan fingerprint density at radius 3 is 1.50 bits per heavy atom. The topological polar surface area (TPSA) is 38.8 Å². The van der Waals surface area contributed by atoms with Gasteiger partial charge in [0.25, 0.3) is 0 Å².